The summed E-state index contributed by atoms with van der Waals surface area (Å²) in [6.45, 7) is 0.446. The fourth-order valence-corrected chi connectivity index (χ4v) is 3.07. The molecule has 0 unspecified atom stereocenters. The smallest absolute Gasteiger partial charge is 0.335 e. The van der Waals surface area contributed by atoms with E-state index < -0.39 is 11.9 Å². The van der Waals surface area contributed by atoms with Crippen LogP contribution >= 0.6 is 11.6 Å². The Balaban J connectivity index is 2.11. The van der Waals surface area contributed by atoms with E-state index in [0.717, 1.165) is 22.2 Å². The number of carboxylic acid groups (broad SMARTS) is 2. The van der Waals surface area contributed by atoms with Gasteiger partial charge in [0, 0.05) is 22.8 Å². The van der Waals surface area contributed by atoms with Gasteiger partial charge in [0.15, 0.2) is 0 Å². The zero-order valence-corrected chi connectivity index (χ0v) is 14.0. The first kappa shape index (κ1) is 17.0. The van der Waals surface area contributed by atoms with Crippen LogP contribution in [0.3, 0.4) is 0 Å². The highest BCUT2D eigenvalue weighted by atomic mass is 35.5. The number of halogens is 1. The Kier molecular flexibility index (Phi) is 4.76. The maximum atomic E-state index is 11.3. The minimum Gasteiger partial charge on any atom is -0.481 e. The summed E-state index contributed by atoms with van der Waals surface area (Å²) in [7, 11) is 0. The minimum absolute atomic E-state index is 0.00459. The molecule has 6 heteroatoms. The van der Waals surface area contributed by atoms with Crippen molar-refractivity contribution in [2.24, 2.45) is 0 Å². The van der Waals surface area contributed by atoms with Crippen LogP contribution in [0.1, 0.15) is 28.0 Å². The van der Waals surface area contributed by atoms with Gasteiger partial charge in [0.1, 0.15) is 0 Å². The number of hydrogen-bond acceptors (Lipinski definition) is 2. The molecule has 5 nitrogen and oxygen atoms in total. The summed E-state index contributed by atoms with van der Waals surface area (Å²) < 4.78 is 1.94. The van der Waals surface area contributed by atoms with Gasteiger partial charge in [-0.2, -0.15) is 0 Å². The zero-order chi connectivity index (χ0) is 18.0. The quantitative estimate of drug-likeness (QED) is 0.697. The lowest BCUT2D eigenvalue weighted by Gasteiger charge is -2.12. The van der Waals surface area contributed by atoms with Crippen molar-refractivity contribution in [3.8, 4) is 0 Å². The molecule has 0 atom stereocenters. The number of carboxylic acids is 2. The third kappa shape index (κ3) is 3.67. The highest BCUT2D eigenvalue weighted by molar-refractivity contribution is 6.31. The number of benzene rings is 2. The van der Waals surface area contributed by atoms with Crippen LogP contribution < -0.4 is 0 Å². The second kappa shape index (κ2) is 6.99. The Morgan fingerprint density at radius 1 is 1.04 bits per heavy atom. The number of aromatic nitrogens is 1. The molecule has 3 rings (SSSR count). The molecular weight excluding hydrogens is 342 g/mol. The maximum Gasteiger partial charge on any atom is 0.335 e. The topological polar surface area (TPSA) is 79.5 Å². The van der Waals surface area contributed by atoms with Gasteiger partial charge < -0.3 is 14.8 Å². The van der Waals surface area contributed by atoms with E-state index in [4.69, 9.17) is 16.7 Å². The lowest BCUT2D eigenvalue weighted by atomic mass is 10.1. The molecule has 128 valence electrons. The lowest BCUT2D eigenvalue weighted by molar-refractivity contribution is -0.137. The lowest BCUT2D eigenvalue weighted by Crippen LogP contribution is -2.07. The second-order valence-corrected chi connectivity index (χ2v) is 6.19. The van der Waals surface area contributed by atoms with Gasteiger partial charge in [0.25, 0.3) is 0 Å². The predicted octanol–water partition coefficient (Wildman–Crippen LogP) is 4.06. The van der Waals surface area contributed by atoms with Crippen molar-refractivity contribution in [1.29, 1.82) is 0 Å². The number of fused-ring (bicyclic) bond motifs is 1. The summed E-state index contributed by atoms with van der Waals surface area (Å²) >= 11 is 6.25. The van der Waals surface area contributed by atoms with Crippen LogP contribution in [0.5, 0.6) is 0 Å². The normalized spacial score (nSPS) is 10.9. The fraction of sp³-hybridized carbons (Fsp3) is 0.158. The highest BCUT2D eigenvalue weighted by Gasteiger charge is 2.14. The summed E-state index contributed by atoms with van der Waals surface area (Å²) in [5, 5.41) is 19.7. The van der Waals surface area contributed by atoms with Crippen molar-refractivity contribution in [2.45, 2.75) is 19.4 Å². The van der Waals surface area contributed by atoms with Crippen molar-refractivity contribution in [3.63, 3.8) is 0 Å². The van der Waals surface area contributed by atoms with Gasteiger partial charge in [0.2, 0.25) is 0 Å². The molecule has 0 saturated heterocycles. The van der Waals surface area contributed by atoms with E-state index in [1.165, 1.54) is 0 Å². The van der Waals surface area contributed by atoms with E-state index in [9.17, 15) is 14.7 Å². The Labute approximate surface area is 149 Å². The van der Waals surface area contributed by atoms with Gasteiger partial charge in [-0.05, 0) is 41.6 Å². The van der Waals surface area contributed by atoms with E-state index in [1.807, 2.05) is 28.8 Å². The Morgan fingerprint density at radius 2 is 1.80 bits per heavy atom. The summed E-state index contributed by atoms with van der Waals surface area (Å²) in [4.78, 5) is 22.2. The molecule has 0 saturated carbocycles. The molecule has 3 aromatic rings. The molecule has 0 fully saturated rings. The van der Waals surface area contributed by atoms with Gasteiger partial charge in [-0.15, -0.1) is 0 Å². The van der Waals surface area contributed by atoms with Gasteiger partial charge in [-0.1, -0.05) is 35.9 Å². The SMILES string of the molecule is O=C(O)CCc1cc2ccc(C(=O)O)cc2n1Cc1ccccc1Cl. The van der Waals surface area contributed by atoms with Crippen molar-refractivity contribution in [3.05, 3.63) is 70.4 Å². The first-order chi connectivity index (χ1) is 12.0. The van der Waals surface area contributed by atoms with Crippen LogP contribution in [0.2, 0.25) is 5.02 Å². The average Bonchev–Trinajstić information content (AvgIpc) is 2.92. The van der Waals surface area contributed by atoms with Crippen molar-refractivity contribution in [1.82, 2.24) is 4.57 Å². The van der Waals surface area contributed by atoms with Crippen LogP contribution in [-0.4, -0.2) is 26.7 Å². The molecule has 2 N–H and O–H groups in total. The Morgan fingerprint density at radius 3 is 2.48 bits per heavy atom. The molecule has 25 heavy (non-hydrogen) atoms. The number of carbonyl (C=O) groups is 2. The Bertz CT molecular complexity index is 961. The van der Waals surface area contributed by atoms with Crippen molar-refractivity contribution in [2.75, 3.05) is 0 Å². The number of rotatable bonds is 6. The largest absolute Gasteiger partial charge is 0.481 e. The molecule has 0 aliphatic carbocycles. The van der Waals surface area contributed by atoms with Crippen molar-refractivity contribution >= 4 is 34.4 Å². The molecular formula is C19H16ClNO4. The molecule has 1 heterocycles. The maximum absolute atomic E-state index is 11.3. The molecule has 2 aromatic carbocycles. The summed E-state index contributed by atoms with van der Waals surface area (Å²) in [6, 6.07) is 14.2. The van der Waals surface area contributed by atoms with E-state index in [1.54, 1.807) is 24.3 Å². The molecule has 1 aromatic heterocycles. The average molecular weight is 358 g/mol. The first-order valence-electron chi connectivity index (χ1n) is 7.76. The van der Waals surface area contributed by atoms with Crippen LogP contribution in [0, 0.1) is 0 Å². The van der Waals surface area contributed by atoms with E-state index in [0.29, 0.717) is 18.0 Å². The molecule has 0 amide bonds. The van der Waals surface area contributed by atoms with E-state index >= 15 is 0 Å². The third-order valence-corrected chi connectivity index (χ3v) is 4.49. The fourth-order valence-electron chi connectivity index (χ4n) is 2.87. The van der Waals surface area contributed by atoms with Crippen LogP contribution in [-0.2, 0) is 17.8 Å². The molecule has 0 bridgehead atoms. The minimum atomic E-state index is -1.00. The van der Waals surface area contributed by atoms with Crippen LogP contribution in [0.25, 0.3) is 10.9 Å². The predicted molar refractivity (Wildman–Crippen MR) is 95.4 cm³/mol. The monoisotopic (exact) mass is 357 g/mol. The molecule has 0 spiro atoms. The highest BCUT2D eigenvalue weighted by Crippen LogP contribution is 2.26. The van der Waals surface area contributed by atoms with Gasteiger partial charge in [-0.25, -0.2) is 4.79 Å². The standard InChI is InChI=1S/C19H16ClNO4/c20-16-4-2-1-3-14(16)11-21-15(7-8-18(22)23)9-12-5-6-13(19(24)25)10-17(12)21/h1-6,9-10H,7-8,11H2,(H,22,23)(H,24,25). The number of aliphatic carboxylic acids is 1. The van der Waals surface area contributed by atoms with Gasteiger partial charge in [0.05, 0.1) is 12.0 Å². The first-order valence-corrected chi connectivity index (χ1v) is 8.14. The molecule has 0 aliphatic heterocycles. The number of hydrogen-bond donors (Lipinski definition) is 2. The van der Waals surface area contributed by atoms with E-state index in [2.05, 4.69) is 0 Å². The second-order valence-electron chi connectivity index (χ2n) is 5.79. The summed E-state index contributed by atoms with van der Waals surface area (Å²) in [5.74, 6) is -1.87. The Hall–Kier alpha value is -2.79. The number of aromatic carboxylic acids is 1. The van der Waals surface area contributed by atoms with Gasteiger partial charge in [-0.3, -0.25) is 4.79 Å². The third-order valence-electron chi connectivity index (χ3n) is 4.12. The molecule has 0 aliphatic rings. The zero-order valence-electron chi connectivity index (χ0n) is 13.3. The van der Waals surface area contributed by atoms with Crippen molar-refractivity contribution < 1.29 is 19.8 Å². The van der Waals surface area contributed by atoms with Crippen LogP contribution in [0.15, 0.2) is 48.5 Å². The molecule has 0 radical (unpaired) electrons. The van der Waals surface area contributed by atoms with Gasteiger partial charge >= 0.3 is 11.9 Å². The number of aryl methyl sites for hydroxylation is 1. The number of nitrogens with zero attached hydrogens (tertiary/aromatic N) is 1. The summed E-state index contributed by atoms with van der Waals surface area (Å²) in [5.41, 5.74) is 2.66. The van der Waals surface area contributed by atoms with E-state index in [-0.39, 0.29) is 12.0 Å². The van der Waals surface area contributed by atoms with Crippen LogP contribution in [0.4, 0.5) is 0 Å². The summed E-state index contributed by atoms with van der Waals surface area (Å²) in [6.07, 6.45) is 0.363.